The van der Waals surface area contributed by atoms with Crippen molar-refractivity contribution in [3.63, 3.8) is 0 Å². The minimum Gasteiger partial charge on any atom is -0.476 e. The molecule has 0 saturated carbocycles. The highest BCUT2D eigenvalue weighted by molar-refractivity contribution is 9.10. The zero-order chi connectivity index (χ0) is 15.6. The first kappa shape index (κ1) is 15.5. The molecule has 2 rings (SSSR count). The Morgan fingerprint density at radius 1 is 1.48 bits per heavy atom. The number of carboxylic acids is 1. The topological polar surface area (TPSA) is 105 Å². The molecular formula is C13H12BrN3O3S. The fourth-order valence-corrected chi connectivity index (χ4v) is 2.66. The molecule has 0 spiro atoms. The monoisotopic (exact) mass is 369 g/mol. The van der Waals surface area contributed by atoms with Crippen molar-refractivity contribution in [3.05, 3.63) is 44.3 Å². The molecule has 1 heterocycles. The van der Waals surface area contributed by atoms with Crippen molar-refractivity contribution >= 4 is 44.8 Å². The molecule has 0 radical (unpaired) electrons. The molecule has 4 N–H and O–H groups in total. The molecule has 1 unspecified atom stereocenters. The number of carboxylic acid groups (broad SMARTS) is 1. The minimum absolute atomic E-state index is 0.0241. The number of thiazole rings is 1. The van der Waals surface area contributed by atoms with Gasteiger partial charge in [0.05, 0.1) is 6.04 Å². The summed E-state index contributed by atoms with van der Waals surface area (Å²) in [5.74, 6) is -1.38. The Balaban J connectivity index is 2.10. The fraction of sp³-hybridized carbons (Fsp3) is 0.154. The van der Waals surface area contributed by atoms with Gasteiger partial charge in [-0.05, 0) is 41.1 Å². The third-order valence-corrected chi connectivity index (χ3v) is 4.47. The number of hydrogen-bond acceptors (Lipinski definition) is 5. The number of anilines is 1. The molecule has 1 aromatic heterocycles. The van der Waals surface area contributed by atoms with Gasteiger partial charge >= 0.3 is 5.97 Å². The van der Waals surface area contributed by atoms with Crippen LogP contribution in [0.1, 0.15) is 38.8 Å². The number of nitrogens with one attached hydrogen (secondary N) is 1. The van der Waals surface area contributed by atoms with Crippen LogP contribution in [-0.2, 0) is 0 Å². The minimum atomic E-state index is -1.09. The van der Waals surface area contributed by atoms with Gasteiger partial charge in [-0.2, -0.15) is 0 Å². The van der Waals surface area contributed by atoms with E-state index in [1.54, 1.807) is 25.1 Å². The normalized spacial score (nSPS) is 11.9. The summed E-state index contributed by atoms with van der Waals surface area (Å²) in [6.07, 6.45) is 0. The maximum Gasteiger partial charge on any atom is 0.355 e. The lowest BCUT2D eigenvalue weighted by Crippen LogP contribution is -2.26. The average Bonchev–Trinajstić information content (AvgIpc) is 2.91. The van der Waals surface area contributed by atoms with Crippen LogP contribution in [0.2, 0.25) is 0 Å². The van der Waals surface area contributed by atoms with E-state index >= 15 is 0 Å². The second-order valence-electron chi connectivity index (χ2n) is 4.31. The van der Waals surface area contributed by atoms with E-state index in [2.05, 4.69) is 26.2 Å². The fourth-order valence-electron chi connectivity index (χ4n) is 1.61. The Kier molecular flexibility index (Phi) is 4.59. The Bertz CT molecular complexity index is 702. The van der Waals surface area contributed by atoms with E-state index in [1.165, 1.54) is 16.7 Å². The van der Waals surface area contributed by atoms with Gasteiger partial charge in [0.15, 0.2) is 5.69 Å². The first-order valence-electron chi connectivity index (χ1n) is 5.93. The Morgan fingerprint density at radius 3 is 2.76 bits per heavy atom. The molecule has 0 bridgehead atoms. The highest BCUT2D eigenvalue weighted by atomic mass is 79.9. The number of aromatic carboxylic acids is 1. The van der Waals surface area contributed by atoms with Crippen molar-refractivity contribution in [2.45, 2.75) is 13.0 Å². The van der Waals surface area contributed by atoms with Crippen LogP contribution in [0.25, 0.3) is 0 Å². The van der Waals surface area contributed by atoms with E-state index in [1.807, 2.05) is 0 Å². The van der Waals surface area contributed by atoms with E-state index in [-0.39, 0.29) is 17.6 Å². The van der Waals surface area contributed by atoms with Gasteiger partial charge in [-0.25, -0.2) is 9.78 Å². The predicted octanol–water partition coefficient (Wildman–Crippen LogP) is 2.68. The summed E-state index contributed by atoms with van der Waals surface area (Å²) < 4.78 is 0.720. The van der Waals surface area contributed by atoms with Crippen molar-refractivity contribution in [2.24, 2.45) is 0 Å². The van der Waals surface area contributed by atoms with E-state index < -0.39 is 5.97 Å². The number of carbonyl (C=O) groups excluding carboxylic acids is 1. The van der Waals surface area contributed by atoms with E-state index in [0.717, 1.165) is 4.47 Å². The summed E-state index contributed by atoms with van der Waals surface area (Å²) in [6.45, 7) is 1.74. The van der Waals surface area contributed by atoms with Crippen LogP contribution in [0.3, 0.4) is 0 Å². The number of nitrogen functional groups attached to an aromatic ring is 1. The number of carbonyl (C=O) groups is 2. The van der Waals surface area contributed by atoms with Crippen LogP contribution in [0, 0.1) is 0 Å². The Hall–Kier alpha value is -1.93. The predicted molar refractivity (Wildman–Crippen MR) is 83.5 cm³/mol. The number of nitrogens with zero attached hydrogens (tertiary/aromatic N) is 1. The van der Waals surface area contributed by atoms with Crippen molar-refractivity contribution in [2.75, 3.05) is 5.73 Å². The molecule has 0 fully saturated rings. The third kappa shape index (κ3) is 3.59. The maximum atomic E-state index is 12.1. The van der Waals surface area contributed by atoms with Crippen LogP contribution in [0.5, 0.6) is 0 Å². The second-order valence-corrected chi connectivity index (χ2v) is 6.05. The van der Waals surface area contributed by atoms with Crippen LogP contribution >= 0.6 is 27.3 Å². The van der Waals surface area contributed by atoms with E-state index in [4.69, 9.17) is 10.8 Å². The summed E-state index contributed by atoms with van der Waals surface area (Å²) in [7, 11) is 0. The lowest BCUT2D eigenvalue weighted by molar-refractivity contribution is 0.0691. The van der Waals surface area contributed by atoms with E-state index in [9.17, 15) is 9.59 Å². The molecule has 1 atom stereocenters. The van der Waals surface area contributed by atoms with Crippen LogP contribution in [-0.4, -0.2) is 22.0 Å². The molecule has 0 saturated heterocycles. The first-order chi connectivity index (χ1) is 9.88. The molecule has 0 aliphatic rings. The van der Waals surface area contributed by atoms with Gasteiger partial charge in [0.1, 0.15) is 5.01 Å². The number of hydrogen-bond donors (Lipinski definition) is 3. The van der Waals surface area contributed by atoms with Crippen molar-refractivity contribution in [3.8, 4) is 0 Å². The smallest absolute Gasteiger partial charge is 0.355 e. The third-order valence-electron chi connectivity index (χ3n) is 2.72. The van der Waals surface area contributed by atoms with Gasteiger partial charge in [-0.15, -0.1) is 11.3 Å². The Morgan fingerprint density at radius 2 is 2.19 bits per heavy atom. The molecule has 2 aromatic rings. The largest absolute Gasteiger partial charge is 0.476 e. The van der Waals surface area contributed by atoms with E-state index in [0.29, 0.717) is 16.3 Å². The molecule has 0 aliphatic heterocycles. The van der Waals surface area contributed by atoms with Gasteiger partial charge < -0.3 is 16.2 Å². The molecule has 8 heteroatoms. The van der Waals surface area contributed by atoms with Crippen molar-refractivity contribution < 1.29 is 14.7 Å². The summed E-state index contributed by atoms with van der Waals surface area (Å²) >= 11 is 4.45. The van der Waals surface area contributed by atoms with Crippen LogP contribution < -0.4 is 11.1 Å². The number of amides is 1. The summed E-state index contributed by atoms with van der Waals surface area (Å²) in [5.41, 5.74) is 6.61. The summed E-state index contributed by atoms with van der Waals surface area (Å²) in [4.78, 5) is 26.9. The number of nitrogens with two attached hydrogens (primary N) is 1. The van der Waals surface area contributed by atoms with Crippen molar-refractivity contribution in [1.29, 1.82) is 0 Å². The summed E-state index contributed by atoms with van der Waals surface area (Å²) in [6, 6.07) is 4.52. The van der Waals surface area contributed by atoms with Crippen LogP contribution in [0.4, 0.5) is 5.69 Å². The zero-order valence-corrected chi connectivity index (χ0v) is 13.4. The molecule has 21 heavy (non-hydrogen) atoms. The molecule has 6 nitrogen and oxygen atoms in total. The molecule has 0 aliphatic carbocycles. The number of halogens is 1. The van der Waals surface area contributed by atoms with Gasteiger partial charge in [-0.3, -0.25) is 4.79 Å². The van der Waals surface area contributed by atoms with Crippen LogP contribution in [0.15, 0.2) is 28.1 Å². The SMILES string of the molecule is CC(NC(=O)c1ccc(Br)c(N)c1)c1nc(C(=O)O)cs1. The van der Waals surface area contributed by atoms with Gasteiger partial charge in [-0.1, -0.05) is 0 Å². The van der Waals surface area contributed by atoms with Gasteiger partial charge in [0.2, 0.25) is 0 Å². The van der Waals surface area contributed by atoms with Crippen molar-refractivity contribution in [1.82, 2.24) is 10.3 Å². The summed E-state index contributed by atoms with van der Waals surface area (Å²) in [5, 5.41) is 13.6. The number of aromatic nitrogens is 1. The number of benzene rings is 1. The van der Waals surface area contributed by atoms with Gasteiger partial charge in [0.25, 0.3) is 5.91 Å². The highest BCUT2D eigenvalue weighted by Gasteiger charge is 2.17. The van der Waals surface area contributed by atoms with Gasteiger partial charge in [0, 0.05) is 21.1 Å². The maximum absolute atomic E-state index is 12.1. The Labute approximate surface area is 133 Å². The first-order valence-corrected chi connectivity index (χ1v) is 7.60. The quantitative estimate of drug-likeness (QED) is 0.718. The average molecular weight is 370 g/mol. The molecule has 1 amide bonds. The highest BCUT2D eigenvalue weighted by Crippen LogP contribution is 2.22. The number of rotatable bonds is 4. The molecule has 110 valence electrons. The zero-order valence-electron chi connectivity index (χ0n) is 11.0. The second kappa shape index (κ2) is 6.23. The lowest BCUT2D eigenvalue weighted by atomic mass is 10.2. The molecular weight excluding hydrogens is 358 g/mol. The lowest BCUT2D eigenvalue weighted by Gasteiger charge is -2.11. The molecule has 1 aromatic carbocycles. The standard InChI is InChI=1S/C13H12BrN3O3S/c1-6(12-17-10(5-21-12)13(19)20)16-11(18)7-2-3-8(14)9(15)4-7/h2-6H,15H2,1H3,(H,16,18)(H,19,20).